The number of benzene rings is 1. The highest BCUT2D eigenvalue weighted by Gasteiger charge is 2.14. The maximum Gasteiger partial charge on any atom is 0.298 e. The van der Waals surface area contributed by atoms with E-state index in [2.05, 4.69) is 11.9 Å². The van der Waals surface area contributed by atoms with E-state index in [0.717, 1.165) is 17.5 Å². The molecule has 1 unspecified atom stereocenters. The number of nitrogens with two attached hydrogens (primary N) is 1. The zero-order valence-corrected chi connectivity index (χ0v) is 9.68. The predicted molar refractivity (Wildman–Crippen MR) is 65.5 cm³/mol. The second-order valence-corrected chi connectivity index (χ2v) is 4.00. The van der Waals surface area contributed by atoms with E-state index in [0.29, 0.717) is 18.6 Å². The van der Waals surface area contributed by atoms with Crippen LogP contribution in [0.2, 0.25) is 0 Å². The van der Waals surface area contributed by atoms with E-state index in [1.165, 1.54) is 0 Å². The Bertz CT molecular complexity index is 433. The van der Waals surface area contributed by atoms with Crippen molar-refractivity contribution >= 4 is 17.1 Å². The average Bonchev–Trinajstić information content (AvgIpc) is 2.71. The van der Waals surface area contributed by atoms with E-state index in [9.17, 15) is 0 Å². The van der Waals surface area contributed by atoms with Gasteiger partial charge in [-0.2, -0.15) is 4.98 Å². The summed E-state index contributed by atoms with van der Waals surface area (Å²) in [6.45, 7) is 2.79. The van der Waals surface area contributed by atoms with Gasteiger partial charge >= 0.3 is 0 Å². The number of anilines is 1. The van der Waals surface area contributed by atoms with Crippen LogP contribution in [0.25, 0.3) is 11.1 Å². The fourth-order valence-electron chi connectivity index (χ4n) is 1.63. The van der Waals surface area contributed by atoms with E-state index in [1.807, 2.05) is 36.2 Å². The Morgan fingerprint density at radius 3 is 2.88 bits per heavy atom. The monoisotopic (exact) mass is 219 g/mol. The van der Waals surface area contributed by atoms with Crippen molar-refractivity contribution in [3.63, 3.8) is 0 Å². The summed E-state index contributed by atoms with van der Waals surface area (Å²) in [7, 11) is 1.98. The van der Waals surface area contributed by atoms with E-state index >= 15 is 0 Å². The molecule has 0 spiro atoms. The molecule has 0 bridgehead atoms. The molecule has 86 valence electrons. The van der Waals surface area contributed by atoms with Gasteiger partial charge in [-0.05, 0) is 32.0 Å². The molecule has 2 rings (SSSR count). The molecule has 0 amide bonds. The summed E-state index contributed by atoms with van der Waals surface area (Å²) < 4.78 is 5.67. The highest BCUT2D eigenvalue weighted by Crippen LogP contribution is 2.22. The topological polar surface area (TPSA) is 55.3 Å². The van der Waals surface area contributed by atoms with Crippen LogP contribution in [0.5, 0.6) is 0 Å². The number of rotatable bonds is 4. The van der Waals surface area contributed by atoms with Gasteiger partial charge in [0.05, 0.1) is 0 Å². The second kappa shape index (κ2) is 4.53. The van der Waals surface area contributed by atoms with Gasteiger partial charge in [0.1, 0.15) is 5.52 Å². The van der Waals surface area contributed by atoms with Gasteiger partial charge in [0.15, 0.2) is 5.58 Å². The van der Waals surface area contributed by atoms with Crippen molar-refractivity contribution in [1.82, 2.24) is 4.98 Å². The molecular formula is C12H17N3O. The number of hydrogen-bond donors (Lipinski definition) is 1. The molecule has 2 N–H and O–H groups in total. The van der Waals surface area contributed by atoms with Crippen LogP contribution in [0.1, 0.15) is 13.3 Å². The molecule has 4 nitrogen and oxygen atoms in total. The minimum atomic E-state index is 0.332. The molecule has 4 heteroatoms. The summed E-state index contributed by atoms with van der Waals surface area (Å²) in [6, 6.07) is 8.76. The van der Waals surface area contributed by atoms with Crippen molar-refractivity contribution in [1.29, 1.82) is 0 Å². The maximum absolute atomic E-state index is 5.67. The molecule has 2 aromatic rings. The Morgan fingerprint density at radius 1 is 1.44 bits per heavy atom. The third-order valence-electron chi connectivity index (χ3n) is 2.83. The van der Waals surface area contributed by atoms with Crippen molar-refractivity contribution in [2.75, 3.05) is 18.5 Å². The normalized spacial score (nSPS) is 12.9. The third kappa shape index (κ3) is 2.02. The first-order valence-corrected chi connectivity index (χ1v) is 5.51. The van der Waals surface area contributed by atoms with Crippen molar-refractivity contribution in [3.8, 4) is 0 Å². The number of para-hydroxylation sites is 2. The van der Waals surface area contributed by atoms with Crippen LogP contribution in [-0.4, -0.2) is 24.6 Å². The van der Waals surface area contributed by atoms with Gasteiger partial charge < -0.3 is 15.1 Å². The summed E-state index contributed by atoms with van der Waals surface area (Å²) in [5, 5.41) is 0. The van der Waals surface area contributed by atoms with Gasteiger partial charge in [-0.1, -0.05) is 12.1 Å². The van der Waals surface area contributed by atoms with Crippen molar-refractivity contribution in [2.45, 2.75) is 19.4 Å². The molecule has 1 heterocycles. The number of fused-ring (bicyclic) bond motifs is 1. The van der Waals surface area contributed by atoms with Crippen molar-refractivity contribution < 1.29 is 4.42 Å². The average molecular weight is 219 g/mol. The Morgan fingerprint density at radius 2 is 2.19 bits per heavy atom. The number of oxazole rings is 1. The van der Waals surface area contributed by atoms with Crippen molar-refractivity contribution in [3.05, 3.63) is 24.3 Å². The van der Waals surface area contributed by atoms with Crippen LogP contribution in [0, 0.1) is 0 Å². The third-order valence-corrected chi connectivity index (χ3v) is 2.83. The van der Waals surface area contributed by atoms with Crippen LogP contribution in [0.4, 0.5) is 6.01 Å². The molecule has 1 aromatic carbocycles. The minimum Gasteiger partial charge on any atom is -0.423 e. The second-order valence-electron chi connectivity index (χ2n) is 4.00. The molecule has 0 aliphatic heterocycles. The highest BCUT2D eigenvalue weighted by molar-refractivity contribution is 5.74. The number of nitrogens with zero attached hydrogens (tertiary/aromatic N) is 2. The molecular weight excluding hydrogens is 202 g/mol. The van der Waals surface area contributed by atoms with Crippen LogP contribution >= 0.6 is 0 Å². The zero-order chi connectivity index (χ0) is 11.5. The Kier molecular flexibility index (Phi) is 3.10. The van der Waals surface area contributed by atoms with Gasteiger partial charge in [-0.25, -0.2) is 0 Å². The van der Waals surface area contributed by atoms with E-state index < -0.39 is 0 Å². The molecule has 16 heavy (non-hydrogen) atoms. The summed E-state index contributed by atoms with van der Waals surface area (Å²) in [5.74, 6) is 0. The van der Waals surface area contributed by atoms with E-state index in [4.69, 9.17) is 10.2 Å². The number of aromatic nitrogens is 1. The first-order valence-electron chi connectivity index (χ1n) is 5.51. The van der Waals surface area contributed by atoms with Crippen molar-refractivity contribution in [2.24, 2.45) is 5.73 Å². The van der Waals surface area contributed by atoms with Gasteiger partial charge in [0, 0.05) is 13.1 Å². The quantitative estimate of drug-likeness (QED) is 0.854. The molecule has 0 radical (unpaired) electrons. The molecule has 0 saturated heterocycles. The van der Waals surface area contributed by atoms with Crippen LogP contribution in [0.3, 0.4) is 0 Å². The lowest BCUT2D eigenvalue weighted by Gasteiger charge is -2.22. The van der Waals surface area contributed by atoms with Gasteiger partial charge in [-0.3, -0.25) is 0 Å². The van der Waals surface area contributed by atoms with E-state index in [1.54, 1.807) is 0 Å². The summed E-state index contributed by atoms with van der Waals surface area (Å²) in [4.78, 5) is 6.46. The van der Waals surface area contributed by atoms with Crippen LogP contribution < -0.4 is 10.6 Å². The number of hydrogen-bond acceptors (Lipinski definition) is 4. The minimum absolute atomic E-state index is 0.332. The SMILES string of the molecule is CC(CCN)N(C)c1nc2ccccc2o1. The smallest absolute Gasteiger partial charge is 0.298 e. The Balaban J connectivity index is 2.26. The molecule has 0 aliphatic rings. The maximum atomic E-state index is 5.67. The molecule has 0 fully saturated rings. The summed E-state index contributed by atoms with van der Waals surface area (Å²) in [5.41, 5.74) is 7.26. The largest absolute Gasteiger partial charge is 0.423 e. The van der Waals surface area contributed by atoms with Crippen LogP contribution in [-0.2, 0) is 0 Å². The predicted octanol–water partition coefficient (Wildman–Crippen LogP) is 2.00. The van der Waals surface area contributed by atoms with E-state index in [-0.39, 0.29) is 0 Å². The highest BCUT2D eigenvalue weighted by atomic mass is 16.4. The lowest BCUT2D eigenvalue weighted by Crippen LogP contribution is -2.30. The molecule has 1 atom stereocenters. The lowest BCUT2D eigenvalue weighted by molar-refractivity contribution is 0.535. The Hall–Kier alpha value is -1.55. The fraction of sp³-hybridized carbons (Fsp3) is 0.417. The van der Waals surface area contributed by atoms with Gasteiger partial charge in [-0.15, -0.1) is 0 Å². The fourth-order valence-corrected chi connectivity index (χ4v) is 1.63. The van der Waals surface area contributed by atoms with Gasteiger partial charge in [0.25, 0.3) is 6.01 Å². The standard InChI is InChI=1S/C12H17N3O/c1-9(7-8-13)15(2)12-14-10-5-3-4-6-11(10)16-12/h3-6,9H,7-8,13H2,1-2H3. The molecule has 0 saturated carbocycles. The first-order chi connectivity index (χ1) is 7.72. The Labute approximate surface area is 95.1 Å². The zero-order valence-electron chi connectivity index (χ0n) is 9.68. The van der Waals surface area contributed by atoms with Gasteiger partial charge in [0.2, 0.25) is 0 Å². The summed E-state index contributed by atoms with van der Waals surface area (Å²) in [6.07, 6.45) is 0.926. The molecule has 0 aliphatic carbocycles. The van der Waals surface area contributed by atoms with Crippen LogP contribution in [0.15, 0.2) is 28.7 Å². The first kappa shape index (κ1) is 11.0. The molecule has 1 aromatic heterocycles. The lowest BCUT2D eigenvalue weighted by atomic mass is 10.2. The summed E-state index contributed by atoms with van der Waals surface area (Å²) >= 11 is 0.